The van der Waals surface area contributed by atoms with Crippen LogP contribution in [0.4, 0.5) is 0 Å². The summed E-state index contributed by atoms with van der Waals surface area (Å²) >= 11 is 0. The standard InChI is InChI=1S/C6H6.C2H2/c1-3-5-6-4-2;1-2/h1-2H3;1-2H. The Kier molecular flexibility index (Phi) is 21.3. The number of hydrogen-bond acceptors (Lipinski definition) is 0. The van der Waals surface area contributed by atoms with Gasteiger partial charge in [0, 0.05) is 0 Å². The molecule has 0 aromatic heterocycles. The first kappa shape index (κ1) is 9.84. The molecule has 0 rings (SSSR count). The second-order valence-corrected chi connectivity index (χ2v) is 0.750. The van der Waals surface area contributed by atoms with E-state index in [0.29, 0.717) is 0 Å². The highest BCUT2D eigenvalue weighted by atomic mass is 13.5. The summed E-state index contributed by atoms with van der Waals surface area (Å²) in [5.74, 6) is 10.5. The van der Waals surface area contributed by atoms with Crippen LogP contribution in [-0.2, 0) is 0 Å². The van der Waals surface area contributed by atoms with E-state index in [2.05, 4.69) is 36.5 Å². The van der Waals surface area contributed by atoms with Crippen molar-refractivity contribution < 1.29 is 0 Å². The highest BCUT2D eigenvalue weighted by molar-refractivity contribution is 5.23. The van der Waals surface area contributed by atoms with Gasteiger partial charge < -0.3 is 0 Å². The molecule has 40 valence electrons. The van der Waals surface area contributed by atoms with Crippen molar-refractivity contribution in [3.63, 3.8) is 0 Å². The van der Waals surface area contributed by atoms with E-state index in [1.807, 2.05) is 0 Å². The van der Waals surface area contributed by atoms with E-state index in [1.54, 1.807) is 13.8 Å². The van der Waals surface area contributed by atoms with Crippen molar-refractivity contribution in [2.45, 2.75) is 13.8 Å². The molecule has 0 aliphatic rings. The molecule has 0 spiro atoms. The monoisotopic (exact) mass is 104 g/mol. The van der Waals surface area contributed by atoms with Crippen LogP contribution in [0, 0.1) is 36.5 Å². The maximum atomic E-state index is 4.00. The molecular weight excluding hydrogens is 96.1 g/mol. The van der Waals surface area contributed by atoms with Gasteiger partial charge in [-0.1, -0.05) is 11.8 Å². The first-order chi connectivity index (χ1) is 3.91. The van der Waals surface area contributed by atoms with Crippen LogP contribution in [0.3, 0.4) is 0 Å². The molecule has 0 saturated heterocycles. The molecule has 8 heavy (non-hydrogen) atoms. The average Bonchev–Trinajstić information content (AvgIpc) is 1.88. The van der Waals surface area contributed by atoms with Crippen molar-refractivity contribution in [3.05, 3.63) is 0 Å². The van der Waals surface area contributed by atoms with Gasteiger partial charge in [-0.3, -0.25) is 0 Å². The molecule has 0 fully saturated rings. The minimum atomic E-state index is 1.77. The summed E-state index contributed by atoms with van der Waals surface area (Å²) in [5, 5.41) is 0. The van der Waals surface area contributed by atoms with Gasteiger partial charge >= 0.3 is 0 Å². The molecule has 0 aliphatic carbocycles. The highest BCUT2D eigenvalue weighted by Gasteiger charge is 1.41. The minimum absolute atomic E-state index is 1.77. The van der Waals surface area contributed by atoms with Crippen LogP contribution in [0.5, 0.6) is 0 Å². The molecule has 0 radical (unpaired) electrons. The summed E-state index contributed by atoms with van der Waals surface area (Å²) in [5.41, 5.74) is 0. The van der Waals surface area contributed by atoms with Crippen molar-refractivity contribution in [1.82, 2.24) is 0 Å². The van der Waals surface area contributed by atoms with Gasteiger partial charge in [0.15, 0.2) is 0 Å². The van der Waals surface area contributed by atoms with Gasteiger partial charge in [0.05, 0.1) is 0 Å². The lowest BCUT2D eigenvalue weighted by atomic mass is 10.6. The zero-order valence-electron chi connectivity index (χ0n) is 5.15. The first-order valence-electron chi connectivity index (χ1n) is 2.08. The molecule has 0 aromatic carbocycles. The number of terminal acetylenes is 1. The molecule has 0 N–H and O–H groups in total. The Labute approximate surface area is 51.3 Å². The van der Waals surface area contributed by atoms with Crippen molar-refractivity contribution >= 4 is 0 Å². The van der Waals surface area contributed by atoms with Gasteiger partial charge in [0.2, 0.25) is 0 Å². The van der Waals surface area contributed by atoms with E-state index in [0.717, 1.165) is 0 Å². The lowest BCUT2D eigenvalue weighted by molar-refractivity contribution is 1.90. The minimum Gasteiger partial charge on any atom is -0.124 e. The Morgan fingerprint density at radius 3 is 1.25 bits per heavy atom. The molecule has 0 atom stereocenters. The Morgan fingerprint density at radius 1 is 0.875 bits per heavy atom. The summed E-state index contributed by atoms with van der Waals surface area (Å²) in [6, 6.07) is 0. The van der Waals surface area contributed by atoms with E-state index >= 15 is 0 Å². The third-order valence-electron chi connectivity index (χ3n) is 0.312. The lowest BCUT2D eigenvalue weighted by Gasteiger charge is -1.48. The summed E-state index contributed by atoms with van der Waals surface area (Å²) in [7, 11) is 0. The van der Waals surface area contributed by atoms with Crippen LogP contribution >= 0.6 is 0 Å². The van der Waals surface area contributed by atoms with Crippen LogP contribution in [0.15, 0.2) is 0 Å². The van der Waals surface area contributed by atoms with Gasteiger partial charge in [0.25, 0.3) is 0 Å². The van der Waals surface area contributed by atoms with E-state index < -0.39 is 0 Å². The molecule has 0 bridgehead atoms. The van der Waals surface area contributed by atoms with Crippen LogP contribution in [0.1, 0.15) is 13.8 Å². The predicted molar refractivity (Wildman–Crippen MR) is 36.8 cm³/mol. The fraction of sp³-hybridized carbons (Fsp3) is 0.250. The fourth-order valence-corrected chi connectivity index (χ4v) is 0.125. The van der Waals surface area contributed by atoms with Gasteiger partial charge in [-0.05, 0) is 25.7 Å². The highest BCUT2D eigenvalue weighted by Crippen LogP contribution is 1.47. The first-order valence-corrected chi connectivity index (χ1v) is 2.08. The van der Waals surface area contributed by atoms with Gasteiger partial charge in [-0.25, -0.2) is 0 Å². The molecule has 0 aliphatic heterocycles. The quantitative estimate of drug-likeness (QED) is 0.406. The SMILES string of the molecule is C#C.CC#CC#CC. The van der Waals surface area contributed by atoms with Crippen molar-refractivity contribution in [3.8, 4) is 36.5 Å². The second kappa shape index (κ2) is 17.3. The molecule has 0 heteroatoms. The van der Waals surface area contributed by atoms with E-state index in [4.69, 9.17) is 0 Å². The molecule has 0 saturated carbocycles. The zero-order chi connectivity index (χ0) is 6.83. The summed E-state index contributed by atoms with van der Waals surface area (Å²) < 4.78 is 0. The fourth-order valence-electron chi connectivity index (χ4n) is 0.125. The molecule has 0 amide bonds. The molecule has 0 aromatic rings. The maximum Gasteiger partial charge on any atom is -0.00168 e. The normalized spacial score (nSPS) is 3.00. The molecular formula is C8H8. The van der Waals surface area contributed by atoms with Crippen LogP contribution in [-0.4, -0.2) is 0 Å². The second-order valence-electron chi connectivity index (χ2n) is 0.750. The van der Waals surface area contributed by atoms with Gasteiger partial charge in [-0.2, -0.15) is 0 Å². The Bertz CT molecular complexity index is 133. The van der Waals surface area contributed by atoms with E-state index in [9.17, 15) is 0 Å². The summed E-state index contributed by atoms with van der Waals surface area (Å²) in [4.78, 5) is 0. The van der Waals surface area contributed by atoms with E-state index in [1.165, 1.54) is 0 Å². The van der Waals surface area contributed by atoms with Gasteiger partial charge in [0.1, 0.15) is 0 Å². The van der Waals surface area contributed by atoms with Crippen LogP contribution < -0.4 is 0 Å². The third kappa shape index (κ3) is 22.5. The topological polar surface area (TPSA) is 0 Å². The average molecular weight is 104 g/mol. The third-order valence-corrected chi connectivity index (χ3v) is 0.312. The van der Waals surface area contributed by atoms with Crippen molar-refractivity contribution in [2.75, 3.05) is 0 Å². The predicted octanol–water partition coefficient (Wildman–Crippen LogP) is 1.28. The maximum absolute atomic E-state index is 4.00. The Morgan fingerprint density at radius 2 is 1.12 bits per heavy atom. The number of rotatable bonds is 0. The lowest BCUT2D eigenvalue weighted by Crippen LogP contribution is -1.42. The molecule has 0 heterocycles. The van der Waals surface area contributed by atoms with Crippen LogP contribution in [0.25, 0.3) is 0 Å². The molecule has 0 unspecified atom stereocenters. The summed E-state index contributed by atoms with van der Waals surface area (Å²) in [6.45, 7) is 3.54. The van der Waals surface area contributed by atoms with Crippen molar-refractivity contribution in [1.29, 1.82) is 0 Å². The summed E-state index contributed by atoms with van der Waals surface area (Å²) in [6.07, 6.45) is 8.00. The van der Waals surface area contributed by atoms with Crippen LogP contribution in [0.2, 0.25) is 0 Å². The largest absolute Gasteiger partial charge is 0.124 e. The number of hydrogen-bond donors (Lipinski definition) is 0. The Hall–Kier alpha value is -1.32. The Balaban J connectivity index is 0. The van der Waals surface area contributed by atoms with Crippen molar-refractivity contribution in [2.24, 2.45) is 0 Å². The van der Waals surface area contributed by atoms with E-state index in [-0.39, 0.29) is 0 Å². The zero-order valence-corrected chi connectivity index (χ0v) is 5.15. The smallest absolute Gasteiger partial charge is 0.00168 e. The molecule has 0 nitrogen and oxygen atoms in total. The van der Waals surface area contributed by atoms with Gasteiger partial charge in [-0.15, -0.1) is 12.8 Å².